The summed E-state index contributed by atoms with van der Waals surface area (Å²) in [6.45, 7) is 5.89. The molecule has 102 valence electrons. The second kappa shape index (κ2) is 6.42. The number of hydrogen-bond donors (Lipinski definition) is 1. The summed E-state index contributed by atoms with van der Waals surface area (Å²) >= 11 is 12.2. The largest absolute Gasteiger partial charge is 0.443 e. The molecular weight excluding hydrogens is 283 g/mol. The smallest absolute Gasteiger partial charge is 0.181 e. The average molecular weight is 299 g/mol. The van der Waals surface area contributed by atoms with Gasteiger partial charge in [-0.25, -0.2) is 4.98 Å². The monoisotopic (exact) mass is 298 g/mol. The third-order valence-corrected chi connectivity index (χ3v) is 3.22. The number of hydrogen-bond acceptors (Lipinski definition) is 3. The Hall–Kier alpha value is -1.03. The van der Waals surface area contributed by atoms with Gasteiger partial charge in [-0.2, -0.15) is 0 Å². The molecule has 2 aromatic rings. The normalized spacial score (nSPS) is 11.2. The van der Waals surface area contributed by atoms with E-state index in [1.54, 1.807) is 18.2 Å². The Morgan fingerprint density at radius 3 is 2.84 bits per heavy atom. The third kappa shape index (κ3) is 3.72. The Morgan fingerprint density at radius 2 is 2.11 bits per heavy atom. The fourth-order valence-electron chi connectivity index (χ4n) is 1.76. The Morgan fingerprint density at radius 1 is 1.32 bits per heavy atom. The summed E-state index contributed by atoms with van der Waals surface area (Å²) < 4.78 is 5.45. The summed E-state index contributed by atoms with van der Waals surface area (Å²) in [5.41, 5.74) is 1.61. The van der Waals surface area contributed by atoms with Gasteiger partial charge in [0.2, 0.25) is 0 Å². The SMILES string of the molecule is CC(C)CNCc1ncoc1-c1cc(Cl)ccc1Cl. The van der Waals surface area contributed by atoms with Crippen LogP contribution in [0, 0.1) is 5.92 Å². The minimum Gasteiger partial charge on any atom is -0.443 e. The van der Waals surface area contributed by atoms with Crippen molar-refractivity contribution in [3.05, 3.63) is 40.3 Å². The highest BCUT2D eigenvalue weighted by molar-refractivity contribution is 6.35. The molecule has 0 radical (unpaired) electrons. The Bertz CT molecular complexity index is 552. The first-order valence-electron chi connectivity index (χ1n) is 6.16. The van der Waals surface area contributed by atoms with Crippen LogP contribution in [0.15, 0.2) is 29.0 Å². The van der Waals surface area contributed by atoms with Crippen molar-refractivity contribution < 1.29 is 4.42 Å². The number of aromatic nitrogens is 1. The van der Waals surface area contributed by atoms with E-state index in [1.807, 2.05) is 0 Å². The van der Waals surface area contributed by atoms with E-state index in [1.165, 1.54) is 6.39 Å². The molecule has 0 amide bonds. The molecule has 0 saturated heterocycles. The van der Waals surface area contributed by atoms with Crippen LogP contribution in [0.25, 0.3) is 11.3 Å². The van der Waals surface area contributed by atoms with Gasteiger partial charge in [0.15, 0.2) is 12.2 Å². The van der Waals surface area contributed by atoms with Crippen molar-refractivity contribution in [1.82, 2.24) is 10.3 Å². The zero-order chi connectivity index (χ0) is 13.8. The lowest BCUT2D eigenvalue weighted by molar-refractivity contribution is 0.545. The average Bonchev–Trinajstić information content (AvgIpc) is 2.80. The molecule has 1 N–H and O–H groups in total. The molecule has 0 aliphatic heterocycles. The Balaban J connectivity index is 2.21. The minimum atomic E-state index is 0.588. The van der Waals surface area contributed by atoms with Gasteiger partial charge < -0.3 is 9.73 Å². The summed E-state index contributed by atoms with van der Waals surface area (Å²) in [7, 11) is 0. The highest BCUT2D eigenvalue weighted by Crippen LogP contribution is 2.32. The number of nitrogens with one attached hydrogen (secondary N) is 1. The third-order valence-electron chi connectivity index (χ3n) is 2.66. The molecule has 0 bridgehead atoms. The molecule has 0 aliphatic rings. The quantitative estimate of drug-likeness (QED) is 0.889. The number of benzene rings is 1. The molecule has 0 aliphatic carbocycles. The highest BCUT2D eigenvalue weighted by atomic mass is 35.5. The maximum absolute atomic E-state index is 6.18. The highest BCUT2D eigenvalue weighted by Gasteiger charge is 2.14. The molecule has 3 nitrogen and oxygen atoms in total. The summed E-state index contributed by atoms with van der Waals surface area (Å²) in [5, 5.41) is 4.56. The molecule has 2 rings (SSSR count). The van der Waals surface area contributed by atoms with Gasteiger partial charge in [-0.05, 0) is 30.7 Å². The van der Waals surface area contributed by atoms with Gasteiger partial charge in [0.05, 0.1) is 5.02 Å². The molecule has 19 heavy (non-hydrogen) atoms. The van der Waals surface area contributed by atoms with E-state index < -0.39 is 0 Å². The summed E-state index contributed by atoms with van der Waals surface area (Å²) in [5.74, 6) is 1.26. The first-order chi connectivity index (χ1) is 9.08. The van der Waals surface area contributed by atoms with Gasteiger partial charge >= 0.3 is 0 Å². The predicted molar refractivity (Wildman–Crippen MR) is 78.5 cm³/mol. The molecular formula is C14H16Cl2N2O. The van der Waals surface area contributed by atoms with Crippen molar-refractivity contribution in [2.24, 2.45) is 5.92 Å². The molecule has 0 saturated carbocycles. The van der Waals surface area contributed by atoms with Crippen molar-refractivity contribution in [3.63, 3.8) is 0 Å². The lowest BCUT2D eigenvalue weighted by Crippen LogP contribution is -2.19. The van der Waals surface area contributed by atoms with E-state index in [2.05, 4.69) is 24.1 Å². The number of nitrogens with zero attached hydrogens (tertiary/aromatic N) is 1. The van der Waals surface area contributed by atoms with E-state index in [0.29, 0.717) is 28.3 Å². The van der Waals surface area contributed by atoms with Crippen molar-refractivity contribution >= 4 is 23.2 Å². The lowest BCUT2D eigenvalue weighted by Gasteiger charge is -2.07. The first kappa shape index (κ1) is 14.4. The number of halogens is 2. The van der Waals surface area contributed by atoms with Crippen LogP contribution in [0.1, 0.15) is 19.5 Å². The minimum absolute atomic E-state index is 0.588. The topological polar surface area (TPSA) is 38.1 Å². The van der Waals surface area contributed by atoms with Gasteiger partial charge in [0.25, 0.3) is 0 Å². The van der Waals surface area contributed by atoms with Gasteiger partial charge in [-0.1, -0.05) is 37.0 Å². The van der Waals surface area contributed by atoms with Crippen molar-refractivity contribution in [2.75, 3.05) is 6.54 Å². The first-order valence-corrected chi connectivity index (χ1v) is 6.92. The fraction of sp³-hybridized carbons (Fsp3) is 0.357. The Labute approximate surface area is 122 Å². The molecule has 0 fully saturated rings. The van der Waals surface area contributed by atoms with Gasteiger partial charge in [0, 0.05) is 17.1 Å². The summed E-state index contributed by atoms with van der Waals surface area (Å²) in [6.07, 6.45) is 1.43. The van der Waals surface area contributed by atoms with E-state index in [0.717, 1.165) is 17.8 Å². The Kier molecular flexibility index (Phi) is 4.86. The number of oxazole rings is 1. The lowest BCUT2D eigenvalue weighted by atomic mass is 10.1. The summed E-state index contributed by atoms with van der Waals surface area (Å²) in [4.78, 5) is 4.23. The molecule has 0 unspecified atom stereocenters. The molecule has 1 aromatic heterocycles. The van der Waals surface area contributed by atoms with Crippen LogP contribution in [-0.4, -0.2) is 11.5 Å². The van der Waals surface area contributed by atoms with Crippen LogP contribution in [0.4, 0.5) is 0 Å². The van der Waals surface area contributed by atoms with E-state index in [-0.39, 0.29) is 0 Å². The fourth-order valence-corrected chi connectivity index (χ4v) is 2.14. The molecule has 0 atom stereocenters. The molecule has 1 aromatic carbocycles. The van der Waals surface area contributed by atoms with Crippen molar-refractivity contribution in [2.45, 2.75) is 20.4 Å². The van der Waals surface area contributed by atoms with Gasteiger partial charge in [0.1, 0.15) is 5.69 Å². The molecule has 5 heteroatoms. The van der Waals surface area contributed by atoms with Crippen LogP contribution in [0.2, 0.25) is 10.0 Å². The maximum atomic E-state index is 6.18. The number of rotatable bonds is 5. The van der Waals surface area contributed by atoms with Gasteiger partial charge in [-0.3, -0.25) is 0 Å². The standard InChI is InChI=1S/C14H16Cl2N2O/c1-9(2)6-17-7-13-14(19-8-18-13)11-5-10(15)3-4-12(11)16/h3-5,8-9,17H,6-7H2,1-2H3. The van der Waals surface area contributed by atoms with Gasteiger partial charge in [-0.15, -0.1) is 0 Å². The zero-order valence-electron chi connectivity index (χ0n) is 10.9. The molecule has 1 heterocycles. The van der Waals surface area contributed by atoms with Crippen LogP contribution in [-0.2, 0) is 6.54 Å². The second-order valence-electron chi connectivity index (χ2n) is 4.78. The van der Waals surface area contributed by atoms with Crippen LogP contribution < -0.4 is 5.32 Å². The second-order valence-corrected chi connectivity index (χ2v) is 5.62. The predicted octanol–water partition coefficient (Wildman–Crippen LogP) is 4.39. The van der Waals surface area contributed by atoms with Crippen molar-refractivity contribution in [1.29, 1.82) is 0 Å². The maximum Gasteiger partial charge on any atom is 0.181 e. The van der Waals surface area contributed by atoms with E-state index >= 15 is 0 Å². The van der Waals surface area contributed by atoms with Crippen LogP contribution in [0.3, 0.4) is 0 Å². The zero-order valence-corrected chi connectivity index (χ0v) is 12.4. The van der Waals surface area contributed by atoms with E-state index in [4.69, 9.17) is 27.6 Å². The molecule has 0 spiro atoms. The van der Waals surface area contributed by atoms with Crippen LogP contribution in [0.5, 0.6) is 0 Å². The van der Waals surface area contributed by atoms with Crippen molar-refractivity contribution in [3.8, 4) is 11.3 Å². The summed E-state index contributed by atoms with van der Waals surface area (Å²) in [6, 6.07) is 5.30. The van der Waals surface area contributed by atoms with Crippen LogP contribution >= 0.6 is 23.2 Å². The van der Waals surface area contributed by atoms with E-state index in [9.17, 15) is 0 Å².